The van der Waals surface area contributed by atoms with Gasteiger partial charge in [0.25, 0.3) is 5.91 Å². The van der Waals surface area contributed by atoms with Crippen LogP contribution in [-0.4, -0.2) is 56.0 Å². The fourth-order valence-corrected chi connectivity index (χ4v) is 4.91. The van der Waals surface area contributed by atoms with Gasteiger partial charge in [0, 0.05) is 24.7 Å². The van der Waals surface area contributed by atoms with E-state index in [1.165, 1.54) is 57.0 Å². The number of anilines is 2. The summed E-state index contributed by atoms with van der Waals surface area (Å²) in [6.07, 6.45) is -1.33. The molecule has 1 aliphatic heterocycles. The van der Waals surface area contributed by atoms with E-state index in [4.69, 9.17) is 4.74 Å². The van der Waals surface area contributed by atoms with Gasteiger partial charge in [0.05, 0.1) is 22.3 Å². The van der Waals surface area contributed by atoms with E-state index in [9.17, 15) is 22.8 Å². The van der Waals surface area contributed by atoms with Crippen molar-refractivity contribution in [3.8, 4) is 0 Å². The first-order valence-corrected chi connectivity index (χ1v) is 12.0. The number of nitrogens with zero attached hydrogens (tertiary/aromatic N) is 1. The van der Waals surface area contributed by atoms with E-state index >= 15 is 0 Å². The lowest BCUT2D eigenvalue weighted by molar-refractivity contribution is -0.153. The Morgan fingerprint density at radius 3 is 2.62 bits per heavy atom. The maximum absolute atomic E-state index is 12.4. The van der Waals surface area contributed by atoms with E-state index in [0.29, 0.717) is 5.69 Å². The zero-order chi connectivity index (χ0) is 23.5. The van der Waals surface area contributed by atoms with Gasteiger partial charge in [-0.05, 0) is 37.3 Å². The second-order valence-electron chi connectivity index (χ2n) is 7.23. The number of esters is 1. The Kier molecular flexibility index (Phi) is 7.22. The summed E-state index contributed by atoms with van der Waals surface area (Å²) in [6.45, 7) is 1.40. The van der Waals surface area contributed by atoms with Crippen molar-refractivity contribution in [2.75, 3.05) is 24.7 Å². The van der Waals surface area contributed by atoms with Crippen LogP contribution < -0.4 is 10.6 Å². The molecule has 0 spiro atoms. The molecule has 9 nitrogen and oxygen atoms in total. The second kappa shape index (κ2) is 9.72. The molecular weight excluding hydrogens is 454 g/mol. The Morgan fingerprint density at radius 2 is 1.91 bits per heavy atom. The first-order valence-electron chi connectivity index (χ1n) is 9.67. The predicted octanol–water partition coefficient (Wildman–Crippen LogP) is 2.31. The van der Waals surface area contributed by atoms with Crippen LogP contribution in [-0.2, 0) is 29.1 Å². The minimum atomic E-state index is -3.66. The van der Waals surface area contributed by atoms with Gasteiger partial charge >= 0.3 is 5.97 Å². The van der Waals surface area contributed by atoms with E-state index in [1.807, 2.05) is 12.1 Å². The fourth-order valence-electron chi connectivity index (χ4n) is 2.87. The SMILES string of the molecule is C[C@@H](OC(=O)C[C@H]1Sc2ccccc2NC1=O)C(=O)Nc1cccc(S(=O)(=O)N(C)C)c1. The zero-order valence-electron chi connectivity index (χ0n) is 17.7. The van der Waals surface area contributed by atoms with Crippen molar-refractivity contribution in [3.05, 3.63) is 48.5 Å². The van der Waals surface area contributed by atoms with Gasteiger partial charge in [-0.2, -0.15) is 0 Å². The molecular formula is C21H23N3O6S2. The summed E-state index contributed by atoms with van der Waals surface area (Å²) in [5.41, 5.74) is 0.943. The highest BCUT2D eigenvalue weighted by Gasteiger charge is 2.30. The molecule has 1 heterocycles. The molecule has 2 aromatic carbocycles. The minimum Gasteiger partial charge on any atom is -0.452 e. The largest absolute Gasteiger partial charge is 0.452 e. The standard InChI is InChI=1S/C21H23N3O6S2/c1-13(20(26)22-14-7-6-8-15(11-14)32(28,29)24(2)3)30-19(25)12-18-21(27)23-16-9-4-5-10-17(16)31-18/h4-11,13,18H,12H2,1-3H3,(H,22,26)(H,23,27)/t13-,18-/m1/s1. The van der Waals surface area contributed by atoms with Crippen molar-refractivity contribution in [1.29, 1.82) is 0 Å². The van der Waals surface area contributed by atoms with Gasteiger partial charge < -0.3 is 15.4 Å². The van der Waals surface area contributed by atoms with E-state index < -0.39 is 33.3 Å². The average Bonchev–Trinajstić information content (AvgIpc) is 2.74. The maximum atomic E-state index is 12.4. The smallest absolute Gasteiger partial charge is 0.308 e. The lowest BCUT2D eigenvalue weighted by Gasteiger charge is -2.23. The van der Waals surface area contributed by atoms with E-state index in [0.717, 1.165) is 9.20 Å². The van der Waals surface area contributed by atoms with Crippen molar-refractivity contribution >= 4 is 50.9 Å². The molecule has 1 aliphatic rings. The van der Waals surface area contributed by atoms with Crippen LogP contribution in [0.5, 0.6) is 0 Å². The topological polar surface area (TPSA) is 122 Å². The monoisotopic (exact) mass is 477 g/mol. The van der Waals surface area contributed by atoms with Crippen molar-refractivity contribution in [3.63, 3.8) is 0 Å². The summed E-state index contributed by atoms with van der Waals surface area (Å²) in [7, 11) is -0.844. The number of para-hydroxylation sites is 1. The molecule has 0 aromatic heterocycles. The molecule has 0 aliphatic carbocycles. The fraction of sp³-hybridized carbons (Fsp3) is 0.286. The third-order valence-corrected chi connectivity index (χ3v) is 7.70. The molecule has 0 unspecified atom stereocenters. The van der Waals surface area contributed by atoms with Gasteiger partial charge in [0.2, 0.25) is 15.9 Å². The lowest BCUT2D eigenvalue weighted by atomic mass is 10.2. The summed E-state index contributed by atoms with van der Waals surface area (Å²) < 4.78 is 30.8. The number of nitrogens with one attached hydrogen (secondary N) is 2. The zero-order valence-corrected chi connectivity index (χ0v) is 19.3. The summed E-state index contributed by atoms with van der Waals surface area (Å²) in [4.78, 5) is 37.9. The third kappa shape index (κ3) is 5.47. The normalized spacial score (nSPS) is 16.6. The molecule has 0 fully saturated rings. The van der Waals surface area contributed by atoms with Crippen molar-refractivity contribution in [2.24, 2.45) is 0 Å². The lowest BCUT2D eigenvalue weighted by Crippen LogP contribution is -2.34. The maximum Gasteiger partial charge on any atom is 0.308 e. The van der Waals surface area contributed by atoms with Crippen LogP contribution in [0.25, 0.3) is 0 Å². The van der Waals surface area contributed by atoms with Crippen molar-refractivity contribution in [2.45, 2.75) is 34.5 Å². The van der Waals surface area contributed by atoms with Crippen LogP contribution >= 0.6 is 11.8 Å². The number of amides is 2. The van der Waals surface area contributed by atoms with Gasteiger partial charge in [-0.25, -0.2) is 12.7 Å². The van der Waals surface area contributed by atoms with E-state index in [2.05, 4.69) is 10.6 Å². The number of hydrogen-bond donors (Lipinski definition) is 2. The van der Waals surface area contributed by atoms with E-state index in [1.54, 1.807) is 12.1 Å². The quantitative estimate of drug-likeness (QED) is 0.587. The molecule has 2 aromatic rings. The van der Waals surface area contributed by atoms with Gasteiger partial charge in [-0.3, -0.25) is 14.4 Å². The van der Waals surface area contributed by atoms with Gasteiger partial charge in [0.1, 0.15) is 0 Å². The number of hydrogen-bond acceptors (Lipinski definition) is 7. The second-order valence-corrected chi connectivity index (χ2v) is 10.6. The van der Waals surface area contributed by atoms with Crippen LogP contribution in [0.3, 0.4) is 0 Å². The molecule has 2 atom stereocenters. The number of carbonyl (C=O) groups excluding carboxylic acids is 3. The molecule has 32 heavy (non-hydrogen) atoms. The summed E-state index contributed by atoms with van der Waals surface area (Å²) in [5.74, 6) is -1.62. The number of rotatable bonds is 7. The summed E-state index contributed by atoms with van der Waals surface area (Å²) in [5, 5.41) is 4.62. The van der Waals surface area contributed by atoms with Crippen LogP contribution in [0.1, 0.15) is 13.3 Å². The Morgan fingerprint density at radius 1 is 1.19 bits per heavy atom. The Hall–Kier alpha value is -2.89. The first kappa shape index (κ1) is 23.8. The number of thioether (sulfide) groups is 1. The Bertz CT molecular complexity index is 1150. The highest BCUT2D eigenvalue weighted by molar-refractivity contribution is 8.01. The summed E-state index contributed by atoms with van der Waals surface area (Å²) >= 11 is 1.26. The molecule has 170 valence electrons. The average molecular weight is 478 g/mol. The van der Waals surface area contributed by atoms with Crippen LogP contribution in [0.15, 0.2) is 58.3 Å². The van der Waals surface area contributed by atoms with Crippen molar-refractivity contribution < 1.29 is 27.5 Å². The van der Waals surface area contributed by atoms with Crippen LogP contribution in [0.4, 0.5) is 11.4 Å². The van der Waals surface area contributed by atoms with Crippen molar-refractivity contribution in [1.82, 2.24) is 4.31 Å². The highest BCUT2D eigenvalue weighted by atomic mass is 32.2. The van der Waals surface area contributed by atoms with Gasteiger partial charge in [-0.15, -0.1) is 11.8 Å². The van der Waals surface area contributed by atoms with E-state index in [-0.39, 0.29) is 22.9 Å². The van der Waals surface area contributed by atoms with Crippen LogP contribution in [0.2, 0.25) is 0 Å². The van der Waals surface area contributed by atoms with Gasteiger partial charge in [-0.1, -0.05) is 18.2 Å². The number of fused-ring (bicyclic) bond motifs is 1. The Balaban J connectivity index is 1.58. The number of benzene rings is 2. The molecule has 11 heteroatoms. The van der Waals surface area contributed by atoms with Gasteiger partial charge in [0.15, 0.2) is 6.10 Å². The highest BCUT2D eigenvalue weighted by Crippen LogP contribution is 2.36. The predicted molar refractivity (Wildman–Crippen MR) is 121 cm³/mol. The minimum absolute atomic E-state index is 0.0190. The first-order chi connectivity index (χ1) is 15.1. The molecule has 2 N–H and O–H groups in total. The number of carbonyl (C=O) groups is 3. The Labute approximate surface area is 190 Å². The summed E-state index contributed by atoms with van der Waals surface area (Å²) in [6, 6.07) is 13.0. The molecule has 0 saturated carbocycles. The molecule has 0 saturated heterocycles. The third-order valence-electron chi connectivity index (χ3n) is 4.62. The molecule has 2 amide bonds. The molecule has 0 bridgehead atoms. The number of sulfonamides is 1. The number of ether oxygens (including phenoxy) is 1. The molecule has 3 rings (SSSR count). The molecule has 0 radical (unpaired) electrons. The van der Waals surface area contributed by atoms with Crippen LogP contribution in [0, 0.1) is 0 Å².